The standard InChI is InChI=1S/C13H15F2N3O2/c1-8-17-13(18-20-8)6-16-12(7-19-2)9-3-4-10(14)11(15)5-9/h3-5,12,16H,6-7H2,1-2H3/t12-/m1/s1. The Morgan fingerprint density at radius 1 is 1.35 bits per heavy atom. The molecule has 0 saturated carbocycles. The molecule has 2 rings (SSSR count). The van der Waals surface area contributed by atoms with Crippen molar-refractivity contribution < 1.29 is 18.0 Å². The summed E-state index contributed by atoms with van der Waals surface area (Å²) < 4.78 is 36.1. The van der Waals surface area contributed by atoms with Gasteiger partial charge in [0.05, 0.1) is 19.2 Å². The fourth-order valence-electron chi connectivity index (χ4n) is 1.80. The average Bonchev–Trinajstić information content (AvgIpc) is 2.84. The van der Waals surface area contributed by atoms with Gasteiger partial charge in [-0.15, -0.1) is 0 Å². The summed E-state index contributed by atoms with van der Waals surface area (Å²) in [7, 11) is 1.53. The molecule has 0 aliphatic heterocycles. The maximum absolute atomic E-state index is 13.3. The first kappa shape index (κ1) is 14.5. The average molecular weight is 283 g/mol. The molecule has 0 aliphatic rings. The van der Waals surface area contributed by atoms with Gasteiger partial charge in [-0.2, -0.15) is 4.98 Å². The molecule has 1 aromatic carbocycles. The van der Waals surface area contributed by atoms with Crippen LogP contribution < -0.4 is 5.32 Å². The minimum atomic E-state index is -0.888. The molecule has 2 aromatic rings. The number of aryl methyl sites for hydroxylation is 1. The topological polar surface area (TPSA) is 60.2 Å². The van der Waals surface area contributed by atoms with Crippen LogP contribution in [0, 0.1) is 18.6 Å². The Balaban J connectivity index is 2.07. The number of rotatable bonds is 6. The van der Waals surface area contributed by atoms with Gasteiger partial charge in [0, 0.05) is 14.0 Å². The van der Waals surface area contributed by atoms with E-state index >= 15 is 0 Å². The molecule has 1 heterocycles. The Hall–Kier alpha value is -1.86. The number of methoxy groups -OCH3 is 1. The van der Waals surface area contributed by atoms with Gasteiger partial charge < -0.3 is 14.6 Å². The van der Waals surface area contributed by atoms with Crippen molar-refractivity contribution in [1.82, 2.24) is 15.5 Å². The monoisotopic (exact) mass is 283 g/mol. The van der Waals surface area contributed by atoms with Crippen molar-refractivity contribution in [3.05, 3.63) is 47.1 Å². The molecule has 0 bridgehead atoms. The quantitative estimate of drug-likeness (QED) is 0.880. The zero-order valence-electron chi connectivity index (χ0n) is 11.2. The number of benzene rings is 1. The van der Waals surface area contributed by atoms with Crippen molar-refractivity contribution in [1.29, 1.82) is 0 Å². The molecule has 0 fully saturated rings. The number of ether oxygens (including phenoxy) is 1. The van der Waals surface area contributed by atoms with Gasteiger partial charge in [-0.3, -0.25) is 0 Å². The maximum atomic E-state index is 13.3. The molecule has 5 nitrogen and oxygen atoms in total. The van der Waals surface area contributed by atoms with Crippen molar-refractivity contribution in [2.24, 2.45) is 0 Å². The number of nitrogens with zero attached hydrogens (tertiary/aromatic N) is 2. The number of hydrogen-bond donors (Lipinski definition) is 1. The fraction of sp³-hybridized carbons (Fsp3) is 0.385. The first-order valence-electron chi connectivity index (χ1n) is 6.06. The third kappa shape index (κ3) is 3.58. The molecule has 108 valence electrons. The van der Waals surface area contributed by atoms with Crippen molar-refractivity contribution in [3.8, 4) is 0 Å². The first-order chi connectivity index (χ1) is 9.60. The maximum Gasteiger partial charge on any atom is 0.223 e. The lowest BCUT2D eigenvalue weighted by Gasteiger charge is -2.17. The van der Waals surface area contributed by atoms with Gasteiger partial charge in [0.1, 0.15) is 0 Å². The lowest BCUT2D eigenvalue weighted by molar-refractivity contribution is 0.165. The van der Waals surface area contributed by atoms with Gasteiger partial charge in [-0.05, 0) is 17.7 Å². The van der Waals surface area contributed by atoms with Crippen LogP contribution in [0.5, 0.6) is 0 Å². The summed E-state index contributed by atoms with van der Waals surface area (Å²) in [5.74, 6) is -0.802. The molecule has 1 N–H and O–H groups in total. The van der Waals surface area contributed by atoms with Crippen LogP contribution in [0.1, 0.15) is 23.3 Å². The predicted octanol–water partition coefficient (Wildman–Crippen LogP) is 2.13. The summed E-state index contributed by atoms with van der Waals surface area (Å²) in [5.41, 5.74) is 0.589. The van der Waals surface area contributed by atoms with Crippen LogP contribution in [0.25, 0.3) is 0 Å². The van der Waals surface area contributed by atoms with E-state index in [0.29, 0.717) is 30.4 Å². The normalized spacial score (nSPS) is 12.6. The van der Waals surface area contributed by atoms with Crippen molar-refractivity contribution >= 4 is 0 Å². The summed E-state index contributed by atoms with van der Waals surface area (Å²) in [6.07, 6.45) is 0. The smallest absolute Gasteiger partial charge is 0.223 e. The van der Waals surface area contributed by atoms with E-state index in [2.05, 4.69) is 15.5 Å². The lowest BCUT2D eigenvalue weighted by Crippen LogP contribution is -2.25. The van der Waals surface area contributed by atoms with Crippen molar-refractivity contribution in [2.45, 2.75) is 19.5 Å². The number of aromatic nitrogens is 2. The third-order valence-electron chi connectivity index (χ3n) is 2.76. The van der Waals surface area contributed by atoms with E-state index in [0.717, 1.165) is 12.1 Å². The molecule has 20 heavy (non-hydrogen) atoms. The molecule has 0 amide bonds. The van der Waals surface area contributed by atoms with Gasteiger partial charge >= 0.3 is 0 Å². The highest BCUT2D eigenvalue weighted by atomic mass is 19.2. The van der Waals surface area contributed by atoms with E-state index in [1.807, 2.05) is 0 Å². The Morgan fingerprint density at radius 2 is 2.15 bits per heavy atom. The molecule has 0 saturated heterocycles. The molecular weight excluding hydrogens is 268 g/mol. The minimum absolute atomic E-state index is 0.297. The van der Waals surface area contributed by atoms with Gasteiger partial charge in [0.25, 0.3) is 0 Å². The third-order valence-corrected chi connectivity index (χ3v) is 2.76. The molecule has 1 aromatic heterocycles. The molecule has 0 radical (unpaired) electrons. The van der Waals surface area contributed by atoms with E-state index in [1.165, 1.54) is 13.2 Å². The second-order valence-corrected chi connectivity index (χ2v) is 4.29. The summed E-state index contributed by atoms with van der Waals surface area (Å²) >= 11 is 0. The van der Waals surface area contributed by atoms with Crippen LogP contribution >= 0.6 is 0 Å². The van der Waals surface area contributed by atoms with Crippen molar-refractivity contribution in [2.75, 3.05) is 13.7 Å². The molecule has 0 spiro atoms. The van der Waals surface area contributed by atoms with Crippen LogP contribution in [-0.2, 0) is 11.3 Å². The zero-order chi connectivity index (χ0) is 14.5. The summed E-state index contributed by atoms with van der Waals surface area (Å²) in [5, 5.41) is 6.86. The molecule has 0 unspecified atom stereocenters. The van der Waals surface area contributed by atoms with Crippen LogP contribution in [0.3, 0.4) is 0 Å². The van der Waals surface area contributed by atoms with Crippen LogP contribution in [0.2, 0.25) is 0 Å². The number of hydrogen-bond acceptors (Lipinski definition) is 5. The van der Waals surface area contributed by atoms with E-state index < -0.39 is 11.6 Å². The van der Waals surface area contributed by atoms with E-state index in [9.17, 15) is 8.78 Å². The van der Waals surface area contributed by atoms with Crippen LogP contribution in [0.15, 0.2) is 22.7 Å². The Bertz CT molecular complexity index is 574. The van der Waals surface area contributed by atoms with Gasteiger partial charge in [0.2, 0.25) is 5.89 Å². The molecule has 1 atom stereocenters. The Morgan fingerprint density at radius 3 is 2.75 bits per heavy atom. The molecular formula is C13H15F2N3O2. The van der Waals surface area contributed by atoms with Gasteiger partial charge in [-0.25, -0.2) is 8.78 Å². The second kappa shape index (κ2) is 6.53. The van der Waals surface area contributed by atoms with Crippen LogP contribution in [0.4, 0.5) is 8.78 Å². The lowest BCUT2D eigenvalue weighted by atomic mass is 10.1. The van der Waals surface area contributed by atoms with Crippen molar-refractivity contribution in [3.63, 3.8) is 0 Å². The SMILES string of the molecule is COC[C@@H](NCc1noc(C)n1)c1ccc(F)c(F)c1. The van der Waals surface area contributed by atoms with Gasteiger partial charge in [0.15, 0.2) is 17.5 Å². The molecule has 0 aliphatic carbocycles. The molecule has 7 heteroatoms. The predicted molar refractivity (Wildman–Crippen MR) is 66.8 cm³/mol. The number of halogens is 2. The highest BCUT2D eigenvalue weighted by molar-refractivity contribution is 5.21. The Kier molecular flexibility index (Phi) is 4.75. The highest BCUT2D eigenvalue weighted by Gasteiger charge is 2.14. The second-order valence-electron chi connectivity index (χ2n) is 4.29. The minimum Gasteiger partial charge on any atom is -0.383 e. The van der Waals surface area contributed by atoms with Crippen LogP contribution in [-0.4, -0.2) is 23.9 Å². The zero-order valence-corrected chi connectivity index (χ0v) is 11.2. The number of nitrogens with one attached hydrogen (secondary N) is 1. The first-order valence-corrected chi connectivity index (χ1v) is 6.06. The summed E-state index contributed by atoms with van der Waals surface area (Å²) in [6, 6.07) is 3.45. The highest BCUT2D eigenvalue weighted by Crippen LogP contribution is 2.17. The fourth-order valence-corrected chi connectivity index (χ4v) is 1.80. The Labute approximate surface area is 114 Å². The van der Waals surface area contributed by atoms with E-state index in [1.54, 1.807) is 6.92 Å². The summed E-state index contributed by atoms with van der Waals surface area (Å²) in [4.78, 5) is 4.05. The summed E-state index contributed by atoms with van der Waals surface area (Å²) in [6.45, 7) is 2.34. The van der Waals surface area contributed by atoms with Gasteiger partial charge in [-0.1, -0.05) is 11.2 Å². The van der Waals surface area contributed by atoms with E-state index in [-0.39, 0.29) is 6.04 Å². The van der Waals surface area contributed by atoms with E-state index in [4.69, 9.17) is 9.26 Å². The largest absolute Gasteiger partial charge is 0.383 e.